The van der Waals surface area contributed by atoms with Gasteiger partial charge in [0.2, 0.25) is 0 Å². The standard InChI is InChI=1S/C9H13N3.2ClH/c1-7(11)12-9-4-2-8(6-10)3-5-9;;/h2-5H,6,10H2,1H3,(H2,11,12);2*1H. The molecule has 0 aliphatic carbocycles. The molecule has 14 heavy (non-hydrogen) atoms. The first-order valence-electron chi connectivity index (χ1n) is 3.82. The summed E-state index contributed by atoms with van der Waals surface area (Å²) >= 11 is 0. The lowest BCUT2D eigenvalue weighted by molar-refractivity contribution is 1.07. The molecule has 0 aliphatic heterocycles. The third-order valence-corrected chi connectivity index (χ3v) is 1.48. The van der Waals surface area contributed by atoms with Crippen LogP contribution in [0.3, 0.4) is 0 Å². The Hall–Kier alpha value is -0.770. The van der Waals surface area contributed by atoms with Crippen LogP contribution in [0.4, 0.5) is 5.69 Å². The Morgan fingerprint density at radius 1 is 1.21 bits per heavy atom. The van der Waals surface area contributed by atoms with E-state index in [2.05, 4.69) is 4.99 Å². The molecule has 0 saturated carbocycles. The Balaban J connectivity index is 0. The van der Waals surface area contributed by atoms with Crippen molar-refractivity contribution in [2.24, 2.45) is 16.5 Å². The van der Waals surface area contributed by atoms with Gasteiger partial charge in [0.1, 0.15) is 0 Å². The first-order chi connectivity index (χ1) is 5.72. The van der Waals surface area contributed by atoms with E-state index < -0.39 is 0 Å². The lowest BCUT2D eigenvalue weighted by Gasteiger charge is -1.97. The second-order valence-electron chi connectivity index (χ2n) is 2.62. The average Bonchev–Trinajstić information content (AvgIpc) is 2.05. The Morgan fingerprint density at radius 3 is 2.07 bits per heavy atom. The molecular weight excluding hydrogens is 221 g/mol. The number of amidine groups is 1. The summed E-state index contributed by atoms with van der Waals surface area (Å²) in [4.78, 5) is 4.09. The third kappa shape index (κ3) is 5.07. The SMILES string of the molecule is CC(N)=Nc1ccc(CN)cc1.Cl.Cl. The van der Waals surface area contributed by atoms with Crippen LogP contribution in [0, 0.1) is 0 Å². The molecule has 0 spiro atoms. The minimum atomic E-state index is 0. The first kappa shape index (κ1) is 15.7. The van der Waals surface area contributed by atoms with E-state index in [0.717, 1.165) is 11.3 Å². The van der Waals surface area contributed by atoms with Gasteiger partial charge in [-0.25, -0.2) is 4.99 Å². The number of hydrogen-bond acceptors (Lipinski definition) is 2. The number of rotatable bonds is 2. The molecule has 0 atom stereocenters. The van der Waals surface area contributed by atoms with E-state index in [9.17, 15) is 0 Å². The Labute approximate surface area is 96.4 Å². The fourth-order valence-electron chi connectivity index (χ4n) is 0.910. The zero-order valence-corrected chi connectivity index (χ0v) is 9.57. The van der Waals surface area contributed by atoms with Crippen LogP contribution in [-0.2, 0) is 6.54 Å². The van der Waals surface area contributed by atoms with Gasteiger partial charge in [-0.3, -0.25) is 0 Å². The van der Waals surface area contributed by atoms with E-state index in [0.29, 0.717) is 12.4 Å². The summed E-state index contributed by atoms with van der Waals surface area (Å²) in [5.74, 6) is 0.565. The van der Waals surface area contributed by atoms with Crippen molar-refractivity contribution in [2.45, 2.75) is 13.5 Å². The van der Waals surface area contributed by atoms with Gasteiger partial charge in [-0.15, -0.1) is 24.8 Å². The molecular formula is C9H15Cl2N3. The molecule has 0 unspecified atom stereocenters. The van der Waals surface area contributed by atoms with Gasteiger partial charge in [0, 0.05) is 6.54 Å². The highest BCUT2D eigenvalue weighted by Crippen LogP contribution is 2.12. The van der Waals surface area contributed by atoms with E-state index in [4.69, 9.17) is 11.5 Å². The highest BCUT2D eigenvalue weighted by Gasteiger charge is 1.90. The van der Waals surface area contributed by atoms with E-state index in [1.807, 2.05) is 24.3 Å². The van der Waals surface area contributed by atoms with Gasteiger partial charge in [-0.1, -0.05) is 12.1 Å². The molecule has 1 aromatic carbocycles. The fourth-order valence-corrected chi connectivity index (χ4v) is 0.910. The molecule has 0 aromatic heterocycles. The Kier molecular flexibility index (Phi) is 8.54. The van der Waals surface area contributed by atoms with E-state index in [1.54, 1.807) is 6.92 Å². The van der Waals surface area contributed by atoms with E-state index in [-0.39, 0.29) is 24.8 Å². The number of aliphatic imine (C=N–C) groups is 1. The summed E-state index contributed by atoms with van der Waals surface area (Å²) in [5.41, 5.74) is 12.8. The highest BCUT2D eigenvalue weighted by atomic mass is 35.5. The minimum absolute atomic E-state index is 0. The monoisotopic (exact) mass is 235 g/mol. The van der Waals surface area contributed by atoms with Gasteiger partial charge in [0.15, 0.2) is 0 Å². The van der Waals surface area contributed by atoms with Gasteiger partial charge in [-0.05, 0) is 24.6 Å². The van der Waals surface area contributed by atoms with Crippen LogP contribution in [0.2, 0.25) is 0 Å². The van der Waals surface area contributed by atoms with Crippen molar-refractivity contribution in [1.82, 2.24) is 0 Å². The van der Waals surface area contributed by atoms with Gasteiger partial charge in [0.05, 0.1) is 11.5 Å². The van der Waals surface area contributed by atoms with Crippen LogP contribution in [0.15, 0.2) is 29.3 Å². The van der Waals surface area contributed by atoms with Crippen LogP contribution >= 0.6 is 24.8 Å². The van der Waals surface area contributed by atoms with Gasteiger partial charge >= 0.3 is 0 Å². The molecule has 0 bridgehead atoms. The maximum absolute atomic E-state index is 5.44. The zero-order valence-electron chi connectivity index (χ0n) is 7.93. The molecule has 0 fully saturated rings. The second-order valence-corrected chi connectivity index (χ2v) is 2.62. The zero-order chi connectivity index (χ0) is 8.97. The highest BCUT2D eigenvalue weighted by molar-refractivity contribution is 5.85. The van der Waals surface area contributed by atoms with Gasteiger partial charge in [-0.2, -0.15) is 0 Å². The number of hydrogen-bond donors (Lipinski definition) is 2. The molecule has 5 heteroatoms. The lowest BCUT2D eigenvalue weighted by Crippen LogP contribution is -2.03. The van der Waals surface area contributed by atoms with E-state index >= 15 is 0 Å². The summed E-state index contributed by atoms with van der Waals surface area (Å²) in [6.45, 7) is 2.32. The van der Waals surface area contributed by atoms with Crippen LogP contribution in [-0.4, -0.2) is 5.84 Å². The smallest absolute Gasteiger partial charge is 0.0964 e. The minimum Gasteiger partial charge on any atom is -0.387 e. The van der Waals surface area contributed by atoms with Crippen molar-refractivity contribution in [2.75, 3.05) is 0 Å². The number of halogens is 2. The molecule has 80 valence electrons. The number of nitrogens with two attached hydrogens (primary N) is 2. The van der Waals surface area contributed by atoms with Gasteiger partial charge < -0.3 is 11.5 Å². The van der Waals surface area contributed by atoms with Crippen LogP contribution in [0.5, 0.6) is 0 Å². The molecule has 0 heterocycles. The summed E-state index contributed by atoms with van der Waals surface area (Å²) in [7, 11) is 0. The van der Waals surface area contributed by atoms with Crippen LogP contribution < -0.4 is 11.5 Å². The maximum atomic E-state index is 5.44. The molecule has 0 aliphatic rings. The van der Waals surface area contributed by atoms with Crippen molar-refractivity contribution in [3.63, 3.8) is 0 Å². The average molecular weight is 236 g/mol. The first-order valence-corrected chi connectivity index (χ1v) is 3.82. The second kappa shape index (κ2) is 7.62. The van der Waals surface area contributed by atoms with Crippen LogP contribution in [0.1, 0.15) is 12.5 Å². The van der Waals surface area contributed by atoms with Gasteiger partial charge in [0.25, 0.3) is 0 Å². The predicted octanol–water partition coefficient (Wildman–Crippen LogP) is 2.00. The summed E-state index contributed by atoms with van der Waals surface area (Å²) in [6, 6.07) is 7.70. The molecule has 1 aromatic rings. The van der Waals surface area contributed by atoms with Crippen LogP contribution in [0.25, 0.3) is 0 Å². The quantitative estimate of drug-likeness (QED) is 0.609. The Bertz CT molecular complexity index is 279. The van der Waals surface area contributed by atoms with Crippen molar-refractivity contribution in [3.05, 3.63) is 29.8 Å². The van der Waals surface area contributed by atoms with Crippen molar-refractivity contribution < 1.29 is 0 Å². The van der Waals surface area contributed by atoms with Crippen molar-refractivity contribution >= 4 is 36.3 Å². The molecule has 0 radical (unpaired) electrons. The number of benzene rings is 1. The third-order valence-electron chi connectivity index (χ3n) is 1.48. The predicted molar refractivity (Wildman–Crippen MR) is 65.8 cm³/mol. The largest absolute Gasteiger partial charge is 0.387 e. The molecule has 0 amide bonds. The lowest BCUT2D eigenvalue weighted by atomic mass is 10.2. The molecule has 3 nitrogen and oxygen atoms in total. The fraction of sp³-hybridized carbons (Fsp3) is 0.222. The topological polar surface area (TPSA) is 64.4 Å². The number of nitrogens with zero attached hydrogens (tertiary/aromatic N) is 1. The van der Waals surface area contributed by atoms with Crippen molar-refractivity contribution in [3.8, 4) is 0 Å². The summed E-state index contributed by atoms with van der Waals surface area (Å²) in [5, 5.41) is 0. The summed E-state index contributed by atoms with van der Waals surface area (Å²) in [6.07, 6.45) is 0. The van der Waals surface area contributed by atoms with Crippen molar-refractivity contribution in [1.29, 1.82) is 0 Å². The normalized spacial score (nSPS) is 10.0. The summed E-state index contributed by atoms with van der Waals surface area (Å²) < 4.78 is 0. The van der Waals surface area contributed by atoms with E-state index in [1.165, 1.54) is 0 Å². The maximum Gasteiger partial charge on any atom is 0.0964 e. The molecule has 1 rings (SSSR count). The molecule has 4 N–H and O–H groups in total. The molecule has 0 saturated heterocycles. The Morgan fingerprint density at radius 2 is 1.71 bits per heavy atom.